The minimum Gasteiger partial charge on any atom is -0.342 e. The van der Waals surface area contributed by atoms with Gasteiger partial charge in [0.25, 0.3) is 5.91 Å². The predicted molar refractivity (Wildman–Crippen MR) is 84.5 cm³/mol. The molecule has 0 atom stereocenters. The van der Waals surface area contributed by atoms with Crippen LogP contribution in [0.3, 0.4) is 0 Å². The molecule has 4 nitrogen and oxygen atoms in total. The zero-order valence-electron chi connectivity index (χ0n) is 12.1. The number of hydrogen-bond donors (Lipinski definition) is 0. The molecule has 0 saturated carbocycles. The lowest BCUT2D eigenvalue weighted by molar-refractivity contribution is 0.0776. The molecule has 3 rings (SSSR count). The summed E-state index contributed by atoms with van der Waals surface area (Å²) in [5.74, 6) is -0.208. The molecule has 21 heavy (non-hydrogen) atoms. The molecule has 0 saturated heterocycles. The first-order chi connectivity index (χ1) is 10.0. The maximum Gasteiger partial charge on any atom is 0.284 e. The average molecular weight is 303 g/mol. The lowest BCUT2D eigenvalue weighted by Gasteiger charge is -2.23. The second-order valence-electron chi connectivity index (χ2n) is 4.99. The van der Waals surface area contributed by atoms with E-state index in [4.69, 9.17) is 16.4 Å². The topological polar surface area (TPSA) is 32.8 Å². The number of rotatable bonds is 1. The van der Waals surface area contributed by atoms with Gasteiger partial charge in [-0.2, -0.15) is 5.06 Å². The molecule has 1 aliphatic heterocycles. The van der Waals surface area contributed by atoms with Gasteiger partial charge in [0.2, 0.25) is 0 Å². The molecule has 108 valence electrons. The van der Waals surface area contributed by atoms with Gasteiger partial charge in [-0.3, -0.25) is 9.63 Å². The van der Waals surface area contributed by atoms with E-state index in [9.17, 15) is 4.79 Å². The summed E-state index contributed by atoms with van der Waals surface area (Å²) in [6.45, 7) is 1.98. The van der Waals surface area contributed by atoms with Gasteiger partial charge in [0.15, 0.2) is 0 Å². The lowest BCUT2D eigenvalue weighted by Crippen LogP contribution is -2.29. The monoisotopic (exact) mass is 302 g/mol. The number of hydroxylamine groups is 1. The average Bonchev–Trinajstić information content (AvgIpc) is 2.54. The summed E-state index contributed by atoms with van der Waals surface area (Å²) in [5.41, 5.74) is 3.98. The van der Waals surface area contributed by atoms with E-state index in [0.717, 1.165) is 22.6 Å². The Labute approximate surface area is 128 Å². The van der Waals surface area contributed by atoms with Crippen LogP contribution in [-0.4, -0.2) is 20.1 Å². The van der Waals surface area contributed by atoms with Crippen LogP contribution in [0.2, 0.25) is 5.02 Å². The Hall–Kier alpha value is -2.04. The summed E-state index contributed by atoms with van der Waals surface area (Å²) in [6.07, 6.45) is 0. The number of amides is 1. The van der Waals surface area contributed by atoms with Crippen LogP contribution < -0.4 is 9.96 Å². The normalized spacial score (nSPS) is 13.8. The van der Waals surface area contributed by atoms with Crippen molar-refractivity contribution in [3.8, 4) is 0 Å². The maximum atomic E-state index is 12.7. The van der Waals surface area contributed by atoms with E-state index in [0.29, 0.717) is 10.6 Å². The second kappa shape index (κ2) is 5.06. The SMILES string of the molecule is CON1C(=O)c2ccc(Cl)cc2N(C)c2ccc(C)cc21. The molecule has 2 aromatic carbocycles. The molecule has 1 amide bonds. The fourth-order valence-corrected chi connectivity index (χ4v) is 2.74. The van der Waals surface area contributed by atoms with E-state index in [1.807, 2.05) is 37.1 Å². The lowest BCUT2D eigenvalue weighted by atomic mass is 10.1. The number of hydrogen-bond acceptors (Lipinski definition) is 3. The van der Waals surface area contributed by atoms with E-state index in [2.05, 4.69) is 0 Å². The molecule has 0 aromatic heterocycles. The summed E-state index contributed by atoms with van der Waals surface area (Å²) < 4.78 is 0. The van der Waals surface area contributed by atoms with E-state index in [-0.39, 0.29) is 5.91 Å². The van der Waals surface area contributed by atoms with Crippen molar-refractivity contribution in [1.29, 1.82) is 0 Å². The van der Waals surface area contributed by atoms with Gasteiger partial charge in [-0.25, -0.2) is 0 Å². The van der Waals surface area contributed by atoms with Gasteiger partial charge in [-0.1, -0.05) is 17.7 Å². The van der Waals surface area contributed by atoms with E-state index < -0.39 is 0 Å². The second-order valence-corrected chi connectivity index (χ2v) is 5.43. The highest BCUT2D eigenvalue weighted by Gasteiger charge is 2.30. The van der Waals surface area contributed by atoms with Gasteiger partial charge in [-0.05, 0) is 42.8 Å². The third kappa shape index (κ3) is 2.17. The largest absolute Gasteiger partial charge is 0.342 e. The Bertz CT molecular complexity index is 730. The third-order valence-electron chi connectivity index (χ3n) is 3.63. The summed E-state index contributed by atoms with van der Waals surface area (Å²) in [4.78, 5) is 20.0. The molecule has 0 aliphatic carbocycles. The summed E-state index contributed by atoms with van der Waals surface area (Å²) >= 11 is 6.08. The standard InChI is InChI=1S/C16H15ClN2O2/c1-10-4-7-13-15(8-10)19(21-3)16(20)12-6-5-11(17)9-14(12)18(13)2/h4-9H,1-3H3. The van der Waals surface area contributed by atoms with Crippen LogP contribution >= 0.6 is 11.6 Å². The van der Waals surface area contributed by atoms with Gasteiger partial charge in [0.05, 0.1) is 29.7 Å². The number of aryl methyl sites for hydroxylation is 1. The van der Waals surface area contributed by atoms with Crippen molar-refractivity contribution in [2.24, 2.45) is 0 Å². The first kappa shape index (κ1) is 13.9. The van der Waals surface area contributed by atoms with Crippen LogP contribution in [0, 0.1) is 6.92 Å². The molecule has 0 bridgehead atoms. The van der Waals surface area contributed by atoms with E-state index >= 15 is 0 Å². The van der Waals surface area contributed by atoms with Crippen LogP contribution in [0.5, 0.6) is 0 Å². The van der Waals surface area contributed by atoms with Crippen LogP contribution in [0.1, 0.15) is 15.9 Å². The molecule has 0 fully saturated rings. The van der Waals surface area contributed by atoms with Crippen molar-refractivity contribution in [1.82, 2.24) is 0 Å². The van der Waals surface area contributed by atoms with Crippen molar-refractivity contribution < 1.29 is 9.63 Å². The zero-order valence-corrected chi connectivity index (χ0v) is 12.8. The highest BCUT2D eigenvalue weighted by Crippen LogP contribution is 2.40. The molecule has 0 radical (unpaired) electrons. The van der Waals surface area contributed by atoms with Gasteiger partial charge < -0.3 is 4.90 Å². The van der Waals surface area contributed by atoms with Crippen LogP contribution in [-0.2, 0) is 4.84 Å². The minimum atomic E-state index is -0.208. The van der Waals surface area contributed by atoms with Gasteiger partial charge >= 0.3 is 0 Å². The Kier molecular flexibility index (Phi) is 3.35. The van der Waals surface area contributed by atoms with Crippen LogP contribution in [0.15, 0.2) is 36.4 Å². The molecule has 0 N–H and O–H groups in total. The fraction of sp³-hybridized carbons (Fsp3) is 0.188. The summed E-state index contributed by atoms with van der Waals surface area (Å²) in [7, 11) is 3.40. The highest BCUT2D eigenvalue weighted by atomic mass is 35.5. The first-order valence-corrected chi connectivity index (χ1v) is 6.93. The molecule has 2 aromatic rings. The highest BCUT2D eigenvalue weighted by molar-refractivity contribution is 6.31. The molecule has 0 unspecified atom stereocenters. The number of anilines is 3. The summed E-state index contributed by atoms with van der Waals surface area (Å²) in [5, 5.41) is 1.91. The Balaban J connectivity index is 2.31. The quantitative estimate of drug-likeness (QED) is 0.800. The number of carbonyl (C=O) groups is 1. The third-order valence-corrected chi connectivity index (χ3v) is 3.86. The van der Waals surface area contributed by atoms with Crippen LogP contribution in [0.25, 0.3) is 0 Å². The Morgan fingerprint density at radius 2 is 1.81 bits per heavy atom. The van der Waals surface area contributed by atoms with Gasteiger partial charge in [0, 0.05) is 12.1 Å². The van der Waals surface area contributed by atoms with E-state index in [1.54, 1.807) is 18.2 Å². The molecule has 0 spiro atoms. The Morgan fingerprint density at radius 1 is 1.05 bits per heavy atom. The number of carbonyl (C=O) groups excluding carboxylic acids is 1. The number of halogens is 1. The molecular weight excluding hydrogens is 288 g/mol. The predicted octanol–water partition coefficient (Wildman–Crippen LogP) is 3.94. The maximum absolute atomic E-state index is 12.7. The van der Waals surface area contributed by atoms with Gasteiger partial charge in [-0.15, -0.1) is 0 Å². The number of nitrogens with zero attached hydrogens (tertiary/aromatic N) is 2. The molecule has 1 aliphatic rings. The minimum absolute atomic E-state index is 0.208. The molecule has 1 heterocycles. The first-order valence-electron chi connectivity index (χ1n) is 6.55. The van der Waals surface area contributed by atoms with Gasteiger partial charge in [0.1, 0.15) is 0 Å². The van der Waals surface area contributed by atoms with Crippen molar-refractivity contribution in [3.63, 3.8) is 0 Å². The van der Waals surface area contributed by atoms with Crippen molar-refractivity contribution in [2.75, 3.05) is 24.1 Å². The van der Waals surface area contributed by atoms with Crippen molar-refractivity contribution in [3.05, 3.63) is 52.5 Å². The number of benzene rings is 2. The number of fused-ring (bicyclic) bond motifs is 2. The molecule has 5 heteroatoms. The van der Waals surface area contributed by atoms with Crippen LogP contribution in [0.4, 0.5) is 17.1 Å². The zero-order chi connectivity index (χ0) is 15.1. The molecular formula is C16H15ClN2O2. The Morgan fingerprint density at radius 3 is 2.52 bits per heavy atom. The smallest absolute Gasteiger partial charge is 0.284 e. The fourth-order valence-electron chi connectivity index (χ4n) is 2.57. The summed E-state index contributed by atoms with van der Waals surface area (Å²) in [6, 6.07) is 11.1. The van der Waals surface area contributed by atoms with Crippen molar-refractivity contribution >= 4 is 34.6 Å². The van der Waals surface area contributed by atoms with E-state index in [1.165, 1.54) is 12.2 Å². The van der Waals surface area contributed by atoms with Crippen molar-refractivity contribution in [2.45, 2.75) is 6.92 Å².